The molecule has 0 N–H and O–H groups in total. The van der Waals surface area contributed by atoms with E-state index < -0.39 is 0 Å². The molecule has 0 aromatic heterocycles. The Morgan fingerprint density at radius 2 is 2.25 bits per heavy atom. The maximum Gasteiger partial charge on any atom is 0.212 e. The van der Waals surface area contributed by atoms with Crippen molar-refractivity contribution in [2.45, 2.75) is 46.4 Å². The van der Waals surface area contributed by atoms with Crippen LogP contribution in [0.4, 0.5) is 0 Å². The lowest BCUT2D eigenvalue weighted by Gasteiger charge is -2.41. The van der Waals surface area contributed by atoms with Gasteiger partial charge in [0.15, 0.2) is 0 Å². The minimum Gasteiger partial charge on any atom is -0.347 e. The summed E-state index contributed by atoms with van der Waals surface area (Å²) in [6.07, 6.45) is 11.2. The second-order valence-corrected chi connectivity index (χ2v) is 5.73. The van der Waals surface area contributed by atoms with Gasteiger partial charge < -0.3 is 4.90 Å². The minimum atomic E-state index is 0.517. The molecular weight excluding hydrogens is 241 g/mol. The van der Waals surface area contributed by atoms with Gasteiger partial charge in [-0.2, -0.15) is 0 Å². The van der Waals surface area contributed by atoms with Gasteiger partial charge in [-0.3, -0.25) is 0 Å². The molecule has 0 bridgehead atoms. The van der Waals surface area contributed by atoms with Crippen LogP contribution >= 0.6 is 0 Å². The highest BCUT2D eigenvalue weighted by atomic mass is 15.2. The van der Waals surface area contributed by atoms with E-state index in [9.17, 15) is 0 Å². The Balaban J connectivity index is 2.43. The number of fused-ring (bicyclic) bond motifs is 1. The summed E-state index contributed by atoms with van der Waals surface area (Å²) < 4.78 is 0. The normalized spacial score (nSPS) is 19.8. The van der Waals surface area contributed by atoms with E-state index in [0.29, 0.717) is 6.71 Å². The van der Waals surface area contributed by atoms with Gasteiger partial charge >= 0.3 is 0 Å². The van der Waals surface area contributed by atoms with Crippen LogP contribution in [0.2, 0.25) is 6.32 Å². The third kappa shape index (κ3) is 2.56. The Morgan fingerprint density at radius 1 is 1.50 bits per heavy atom. The van der Waals surface area contributed by atoms with Crippen molar-refractivity contribution in [1.82, 2.24) is 4.90 Å². The monoisotopic (exact) mass is 267 g/mol. The Bertz CT molecular complexity index is 508. The van der Waals surface area contributed by atoms with Crippen molar-refractivity contribution in [2.75, 3.05) is 6.54 Å². The van der Waals surface area contributed by atoms with Crippen LogP contribution in [0.3, 0.4) is 0 Å². The zero-order valence-electron chi connectivity index (χ0n) is 13.2. The van der Waals surface area contributed by atoms with Crippen LogP contribution in [0.1, 0.15) is 40.0 Å². The molecule has 1 nitrogen and oxygen atoms in total. The highest BCUT2D eigenvalue weighted by molar-refractivity contribution is 6.76. The second-order valence-electron chi connectivity index (χ2n) is 5.73. The first-order valence-corrected chi connectivity index (χ1v) is 7.78. The maximum absolute atomic E-state index is 4.26. The van der Waals surface area contributed by atoms with Gasteiger partial charge in [0.25, 0.3) is 0 Å². The molecular formula is C18H26BN. The van der Waals surface area contributed by atoms with Gasteiger partial charge in [0.1, 0.15) is 0 Å². The molecule has 0 unspecified atom stereocenters. The predicted octanol–water partition coefficient (Wildman–Crippen LogP) is 4.93. The SMILES string of the molecule is C=C/C(=C\C)B1CCN(C(=C)CC)C2=C(C)CCC=C12. The molecule has 0 radical (unpaired) electrons. The summed E-state index contributed by atoms with van der Waals surface area (Å²) in [7, 11) is 0. The lowest BCUT2D eigenvalue weighted by Crippen LogP contribution is -2.39. The average Bonchev–Trinajstić information content (AvgIpc) is 2.48. The lowest BCUT2D eigenvalue weighted by molar-refractivity contribution is 0.430. The van der Waals surface area contributed by atoms with Crippen molar-refractivity contribution in [3.05, 3.63) is 59.3 Å². The Kier molecular flexibility index (Phi) is 4.75. The number of allylic oxidation sites excluding steroid dienone is 7. The molecule has 0 aromatic rings. The van der Waals surface area contributed by atoms with E-state index in [1.165, 1.54) is 40.8 Å². The van der Waals surface area contributed by atoms with Gasteiger partial charge in [-0.25, -0.2) is 0 Å². The van der Waals surface area contributed by atoms with E-state index in [1.807, 2.05) is 6.08 Å². The van der Waals surface area contributed by atoms with E-state index in [-0.39, 0.29) is 0 Å². The van der Waals surface area contributed by atoms with Gasteiger partial charge in [0, 0.05) is 17.9 Å². The molecule has 2 rings (SSSR count). The third-order valence-corrected chi connectivity index (χ3v) is 4.61. The Morgan fingerprint density at radius 3 is 2.85 bits per heavy atom. The van der Waals surface area contributed by atoms with Crippen molar-refractivity contribution < 1.29 is 0 Å². The van der Waals surface area contributed by atoms with Crippen molar-refractivity contribution >= 4 is 6.71 Å². The first-order valence-electron chi connectivity index (χ1n) is 7.78. The van der Waals surface area contributed by atoms with Crippen molar-refractivity contribution in [1.29, 1.82) is 0 Å². The molecule has 1 aliphatic heterocycles. The van der Waals surface area contributed by atoms with E-state index in [0.717, 1.165) is 19.3 Å². The fourth-order valence-corrected chi connectivity index (χ4v) is 3.44. The maximum atomic E-state index is 4.26. The molecule has 2 heteroatoms. The van der Waals surface area contributed by atoms with Gasteiger partial charge in [-0.05, 0) is 45.0 Å². The molecule has 106 valence electrons. The number of hydrogen-bond donors (Lipinski definition) is 0. The molecule has 0 saturated carbocycles. The highest BCUT2D eigenvalue weighted by Crippen LogP contribution is 2.38. The van der Waals surface area contributed by atoms with Gasteiger partial charge in [-0.15, -0.1) is 0 Å². The van der Waals surface area contributed by atoms with Crippen LogP contribution in [0.25, 0.3) is 0 Å². The minimum absolute atomic E-state index is 0.517. The molecule has 1 heterocycles. The third-order valence-electron chi connectivity index (χ3n) is 4.61. The quantitative estimate of drug-likeness (QED) is 0.516. The van der Waals surface area contributed by atoms with Crippen LogP contribution in [-0.2, 0) is 0 Å². The van der Waals surface area contributed by atoms with Gasteiger partial charge in [0.2, 0.25) is 6.71 Å². The fraction of sp³-hybridized carbons (Fsp3) is 0.444. The molecule has 2 aliphatic rings. The summed E-state index contributed by atoms with van der Waals surface area (Å²) in [5.74, 6) is 0. The first kappa shape index (κ1) is 15.0. The summed E-state index contributed by atoms with van der Waals surface area (Å²) in [6.45, 7) is 16.4. The molecule has 1 saturated heterocycles. The van der Waals surface area contributed by atoms with Crippen LogP contribution in [-0.4, -0.2) is 18.2 Å². The molecule has 0 amide bonds. The number of nitrogens with zero attached hydrogens (tertiary/aromatic N) is 1. The summed E-state index contributed by atoms with van der Waals surface area (Å²) >= 11 is 0. The standard InChI is InChI=1S/C18H26BN/c1-6-15(5)20-13-12-19(16(7-2)8-3)17-11-9-10-14(4)18(17)20/h7-8,11H,2,5-6,9-10,12-13H2,1,3-4H3/b16-8+. The topological polar surface area (TPSA) is 3.24 Å². The van der Waals surface area contributed by atoms with Crippen LogP contribution in [0.5, 0.6) is 0 Å². The van der Waals surface area contributed by atoms with Crippen molar-refractivity contribution in [2.24, 2.45) is 0 Å². The summed E-state index contributed by atoms with van der Waals surface area (Å²) in [4.78, 5) is 2.45. The Hall–Kier alpha value is -1.44. The molecule has 0 aromatic carbocycles. The zero-order valence-corrected chi connectivity index (χ0v) is 13.2. The number of hydrogen-bond acceptors (Lipinski definition) is 1. The predicted molar refractivity (Wildman–Crippen MR) is 90.7 cm³/mol. The van der Waals surface area contributed by atoms with E-state index in [1.54, 1.807) is 0 Å². The van der Waals surface area contributed by atoms with E-state index in [2.05, 4.69) is 51.0 Å². The fourth-order valence-electron chi connectivity index (χ4n) is 3.44. The van der Waals surface area contributed by atoms with Crippen molar-refractivity contribution in [3.8, 4) is 0 Å². The van der Waals surface area contributed by atoms with E-state index >= 15 is 0 Å². The first-order chi connectivity index (χ1) is 9.63. The summed E-state index contributed by atoms with van der Waals surface area (Å²) in [5, 5.41) is 0. The van der Waals surface area contributed by atoms with Gasteiger partial charge in [-0.1, -0.05) is 49.3 Å². The van der Waals surface area contributed by atoms with Crippen LogP contribution < -0.4 is 0 Å². The van der Waals surface area contributed by atoms with Crippen LogP contribution in [0, 0.1) is 0 Å². The molecule has 0 atom stereocenters. The highest BCUT2D eigenvalue weighted by Gasteiger charge is 2.34. The summed E-state index contributed by atoms with van der Waals surface area (Å²) in [6, 6.07) is 0. The summed E-state index contributed by atoms with van der Waals surface area (Å²) in [5.41, 5.74) is 7.07. The molecule has 20 heavy (non-hydrogen) atoms. The van der Waals surface area contributed by atoms with Crippen molar-refractivity contribution in [3.63, 3.8) is 0 Å². The lowest BCUT2D eigenvalue weighted by atomic mass is 9.35. The largest absolute Gasteiger partial charge is 0.347 e. The second kappa shape index (κ2) is 6.34. The molecule has 0 spiro atoms. The number of rotatable bonds is 4. The van der Waals surface area contributed by atoms with Gasteiger partial charge in [0.05, 0.1) is 0 Å². The zero-order chi connectivity index (χ0) is 14.7. The molecule has 1 fully saturated rings. The van der Waals surface area contributed by atoms with Crippen LogP contribution in [0.15, 0.2) is 59.3 Å². The van der Waals surface area contributed by atoms with E-state index in [4.69, 9.17) is 0 Å². The smallest absolute Gasteiger partial charge is 0.212 e. The average molecular weight is 267 g/mol. The molecule has 1 aliphatic carbocycles. The Labute approximate surface area is 124 Å².